The second-order valence-corrected chi connectivity index (χ2v) is 7.25. The number of ether oxygens (including phenoxy) is 2. The van der Waals surface area contributed by atoms with E-state index in [0.717, 1.165) is 35.5 Å². The molecule has 0 aliphatic carbocycles. The molecule has 0 bridgehead atoms. The van der Waals surface area contributed by atoms with Crippen molar-refractivity contribution in [1.29, 1.82) is 5.26 Å². The third-order valence-electron chi connectivity index (χ3n) is 4.86. The number of amides is 2. The lowest BCUT2D eigenvalue weighted by Crippen LogP contribution is -2.43. The third-order valence-corrected chi connectivity index (χ3v) is 4.86. The average molecular weight is 424 g/mol. The highest BCUT2D eigenvalue weighted by Crippen LogP contribution is 2.27. The molecule has 31 heavy (non-hydrogen) atoms. The van der Waals surface area contributed by atoms with Crippen molar-refractivity contribution in [2.45, 2.75) is 46.5 Å². The van der Waals surface area contributed by atoms with Gasteiger partial charge >= 0.3 is 5.97 Å². The molecule has 7 heteroatoms. The molecule has 2 amide bonds. The van der Waals surface area contributed by atoms with E-state index in [9.17, 15) is 19.6 Å². The van der Waals surface area contributed by atoms with Gasteiger partial charge in [-0.1, -0.05) is 31.9 Å². The molecule has 7 nitrogen and oxygen atoms in total. The second kappa shape index (κ2) is 11.7. The summed E-state index contributed by atoms with van der Waals surface area (Å²) in [6, 6.07) is 9.23. The van der Waals surface area contributed by atoms with Crippen molar-refractivity contribution in [2.75, 3.05) is 19.8 Å². The first-order chi connectivity index (χ1) is 14.9. The number of carbonyl (C=O) groups is 3. The minimum absolute atomic E-state index is 0.0608. The fourth-order valence-electron chi connectivity index (χ4n) is 3.14. The summed E-state index contributed by atoms with van der Waals surface area (Å²) in [5.74, 6) is -0.770. The van der Waals surface area contributed by atoms with E-state index in [1.165, 1.54) is 6.92 Å². The van der Waals surface area contributed by atoms with Crippen LogP contribution >= 0.6 is 0 Å². The maximum atomic E-state index is 13.0. The second-order valence-electron chi connectivity index (χ2n) is 7.25. The van der Waals surface area contributed by atoms with E-state index in [-0.39, 0.29) is 18.7 Å². The average Bonchev–Trinajstić information content (AvgIpc) is 2.75. The summed E-state index contributed by atoms with van der Waals surface area (Å²) >= 11 is 0. The van der Waals surface area contributed by atoms with Crippen molar-refractivity contribution in [2.24, 2.45) is 0 Å². The van der Waals surface area contributed by atoms with Gasteiger partial charge in [-0.15, -0.1) is 0 Å². The van der Waals surface area contributed by atoms with E-state index in [0.29, 0.717) is 24.2 Å². The standard InChI is InChI=1S/C24H28N2O5/c1-4-5-6-13-31-20-10-8-19(9-11-20)15-21-17(2)22(16-25)24(29)26(23(21)28)12-7-14-30-18(3)27/h8-11,15H,4-7,12-14H2,1-3H3/b21-15+. The molecule has 1 aromatic carbocycles. The molecule has 0 radical (unpaired) electrons. The number of hydrogen-bond acceptors (Lipinski definition) is 6. The highest BCUT2D eigenvalue weighted by atomic mass is 16.5. The van der Waals surface area contributed by atoms with Crippen LogP contribution < -0.4 is 4.74 Å². The Balaban J connectivity index is 2.18. The molecule has 0 saturated heterocycles. The van der Waals surface area contributed by atoms with Gasteiger partial charge in [0.05, 0.1) is 13.2 Å². The number of nitriles is 1. The summed E-state index contributed by atoms with van der Waals surface area (Å²) in [4.78, 5) is 37.5. The molecular weight excluding hydrogens is 396 g/mol. The molecule has 0 aromatic heterocycles. The zero-order chi connectivity index (χ0) is 22.8. The number of imide groups is 1. The van der Waals surface area contributed by atoms with E-state index >= 15 is 0 Å². The number of nitrogens with zero attached hydrogens (tertiary/aromatic N) is 2. The van der Waals surface area contributed by atoms with Gasteiger partial charge in [0, 0.05) is 19.0 Å². The quantitative estimate of drug-likeness (QED) is 0.245. The Labute approximate surface area is 182 Å². The summed E-state index contributed by atoms with van der Waals surface area (Å²) in [5, 5.41) is 9.44. The van der Waals surface area contributed by atoms with Crippen LogP contribution in [-0.2, 0) is 19.1 Å². The van der Waals surface area contributed by atoms with Crippen LogP contribution in [0.3, 0.4) is 0 Å². The fourth-order valence-corrected chi connectivity index (χ4v) is 3.14. The Morgan fingerprint density at radius 2 is 1.81 bits per heavy atom. The zero-order valence-electron chi connectivity index (χ0n) is 18.3. The van der Waals surface area contributed by atoms with Crippen LogP contribution in [0.15, 0.2) is 41.0 Å². The Morgan fingerprint density at radius 1 is 1.10 bits per heavy atom. The molecular formula is C24H28N2O5. The van der Waals surface area contributed by atoms with Gasteiger partial charge < -0.3 is 9.47 Å². The van der Waals surface area contributed by atoms with Crippen molar-refractivity contribution in [3.05, 3.63) is 46.5 Å². The molecule has 1 aliphatic heterocycles. The lowest BCUT2D eigenvalue weighted by molar-refractivity contribution is -0.141. The monoisotopic (exact) mass is 424 g/mol. The summed E-state index contributed by atoms with van der Waals surface area (Å²) in [6.45, 7) is 5.84. The first-order valence-corrected chi connectivity index (χ1v) is 10.4. The molecule has 2 rings (SSSR count). The number of carbonyl (C=O) groups excluding carboxylic acids is 3. The summed E-state index contributed by atoms with van der Waals surface area (Å²) < 4.78 is 10.6. The normalized spacial score (nSPS) is 15.3. The third kappa shape index (κ3) is 6.54. The van der Waals surface area contributed by atoms with E-state index in [2.05, 4.69) is 6.92 Å². The number of esters is 1. The summed E-state index contributed by atoms with van der Waals surface area (Å²) in [7, 11) is 0. The van der Waals surface area contributed by atoms with E-state index in [1.807, 2.05) is 30.3 Å². The van der Waals surface area contributed by atoms with Crippen molar-refractivity contribution in [3.63, 3.8) is 0 Å². The number of rotatable bonds is 10. The van der Waals surface area contributed by atoms with Crippen molar-refractivity contribution in [3.8, 4) is 11.8 Å². The smallest absolute Gasteiger partial charge is 0.302 e. The number of unbranched alkanes of at least 4 members (excludes halogenated alkanes) is 2. The molecule has 1 aliphatic rings. The Morgan fingerprint density at radius 3 is 2.42 bits per heavy atom. The summed E-state index contributed by atoms with van der Waals surface area (Å²) in [6.07, 6.45) is 5.21. The molecule has 0 saturated carbocycles. The van der Waals surface area contributed by atoms with Crippen LogP contribution in [0.4, 0.5) is 0 Å². The minimum Gasteiger partial charge on any atom is -0.494 e. The van der Waals surface area contributed by atoms with E-state index in [1.54, 1.807) is 13.0 Å². The number of hydrogen-bond donors (Lipinski definition) is 0. The Bertz CT molecular complexity index is 922. The van der Waals surface area contributed by atoms with Gasteiger partial charge in [0.15, 0.2) is 0 Å². The van der Waals surface area contributed by atoms with Crippen LogP contribution in [0.5, 0.6) is 5.75 Å². The lowest BCUT2D eigenvalue weighted by Gasteiger charge is -2.27. The van der Waals surface area contributed by atoms with Crippen molar-refractivity contribution < 1.29 is 23.9 Å². The van der Waals surface area contributed by atoms with E-state index in [4.69, 9.17) is 9.47 Å². The molecule has 164 valence electrons. The van der Waals surface area contributed by atoms with E-state index < -0.39 is 17.8 Å². The predicted octanol–water partition coefficient (Wildman–Crippen LogP) is 3.80. The first kappa shape index (κ1) is 23.9. The maximum Gasteiger partial charge on any atom is 0.302 e. The molecule has 0 N–H and O–H groups in total. The molecule has 0 atom stereocenters. The van der Waals surface area contributed by atoms with Gasteiger partial charge in [-0.05, 0) is 49.1 Å². The van der Waals surface area contributed by atoms with Gasteiger partial charge in [0.2, 0.25) is 0 Å². The Hall–Kier alpha value is -3.40. The zero-order valence-corrected chi connectivity index (χ0v) is 18.3. The van der Waals surface area contributed by atoms with Crippen LogP contribution in [-0.4, -0.2) is 42.4 Å². The SMILES string of the molecule is CCCCCOc1ccc(/C=C2/C(=O)N(CCCOC(C)=O)C(=O)C(C#N)=C2C)cc1. The fraction of sp³-hybridized carbons (Fsp3) is 0.417. The highest BCUT2D eigenvalue weighted by Gasteiger charge is 2.35. The van der Waals surface area contributed by atoms with Crippen LogP contribution in [0.2, 0.25) is 0 Å². The van der Waals surface area contributed by atoms with Crippen LogP contribution in [0.25, 0.3) is 6.08 Å². The van der Waals surface area contributed by atoms with Gasteiger partial charge in [-0.3, -0.25) is 19.3 Å². The first-order valence-electron chi connectivity index (χ1n) is 10.4. The van der Waals surface area contributed by atoms with Crippen molar-refractivity contribution >= 4 is 23.9 Å². The van der Waals surface area contributed by atoms with Gasteiger partial charge in [-0.25, -0.2) is 0 Å². The minimum atomic E-state index is -0.624. The highest BCUT2D eigenvalue weighted by molar-refractivity contribution is 6.19. The Kier molecular flexibility index (Phi) is 9.01. The predicted molar refractivity (Wildman–Crippen MR) is 116 cm³/mol. The summed E-state index contributed by atoms with van der Waals surface area (Å²) in [5.41, 5.74) is 1.35. The van der Waals surface area contributed by atoms with Crippen LogP contribution in [0, 0.1) is 11.3 Å². The molecule has 1 aromatic rings. The molecule has 0 spiro atoms. The van der Waals surface area contributed by atoms with Gasteiger partial charge in [0.1, 0.15) is 17.4 Å². The van der Waals surface area contributed by atoms with Gasteiger partial charge in [-0.2, -0.15) is 5.26 Å². The number of benzene rings is 1. The largest absolute Gasteiger partial charge is 0.494 e. The van der Waals surface area contributed by atoms with Crippen molar-refractivity contribution in [1.82, 2.24) is 4.90 Å². The lowest BCUT2D eigenvalue weighted by atomic mass is 9.93. The maximum absolute atomic E-state index is 13.0. The van der Waals surface area contributed by atoms with Crippen LogP contribution in [0.1, 0.15) is 52.0 Å². The molecule has 1 heterocycles. The molecule has 0 fully saturated rings. The molecule has 0 unspecified atom stereocenters. The van der Waals surface area contributed by atoms with Gasteiger partial charge in [0.25, 0.3) is 11.8 Å². The topological polar surface area (TPSA) is 96.7 Å².